The van der Waals surface area contributed by atoms with Gasteiger partial charge in [0, 0.05) is 57.5 Å². The number of hydrogen-bond acceptors (Lipinski definition) is 4. The van der Waals surface area contributed by atoms with Crippen molar-refractivity contribution in [2.45, 2.75) is 32.1 Å². The average molecular weight is 472 g/mol. The van der Waals surface area contributed by atoms with E-state index in [1.807, 2.05) is 15.9 Å². The zero-order chi connectivity index (χ0) is 23.9. The van der Waals surface area contributed by atoms with Crippen LogP contribution < -0.4 is 4.90 Å². The lowest BCUT2D eigenvalue weighted by atomic mass is 9.87. The van der Waals surface area contributed by atoms with Crippen molar-refractivity contribution in [3.63, 3.8) is 0 Å². The van der Waals surface area contributed by atoms with Crippen molar-refractivity contribution >= 4 is 11.6 Å². The van der Waals surface area contributed by atoms with E-state index in [1.165, 1.54) is 18.2 Å². The summed E-state index contributed by atoms with van der Waals surface area (Å²) in [5.41, 5.74) is 2.78. The van der Waals surface area contributed by atoms with Gasteiger partial charge in [-0.1, -0.05) is 25.1 Å². The van der Waals surface area contributed by atoms with Gasteiger partial charge in [0.15, 0.2) is 0 Å². The molecule has 1 fully saturated rings. The summed E-state index contributed by atoms with van der Waals surface area (Å²) in [6, 6.07) is 11.4. The van der Waals surface area contributed by atoms with Crippen LogP contribution in [0.2, 0.25) is 0 Å². The molecule has 0 saturated carbocycles. The Labute approximate surface area is 201 Å². The van der Waals surface area contributed by atoms with Crippen LogP contribution in [0, 0.1) is 11.6 Å². The Morgan fingerprint density at radius 2 is 1.71 bits per heavy atom. The molecule has 2 aliphatic heterocycles. The highest BCUT2D eigenvalue weighted by Gasteiger charge is 2.28. The number of carbonyl (C=O) groups is 1. The van der Waals surface area contributed by atoms with Gasteiger partial charge in [-0.3, -0.25) is 9.69 Å². The van der Waals surface area contributed by atoms with Crippen LogP contribution in [-0.2, 0) is 9.53 Å². The Balaban J connectivity index is 1.41. The molecule has 2 heterocycles. The van der Waals surface area contributed by atoms with E-state index >= 15 is 0 Å². The molecule has 1 unspecified atom stereocenters. The molecule has 5 nitrogen and oxygen atoms in total. The van der Waals surface area contributed by atoms with E-state index in [0.717, 1.165) is 68.9 Å². The molecule has 7 heteroatoms. The monoisotopic (exact) mass is 471 g/mol. The number of hydrogen-bond donors (Lipinski definition) is 0. The maximum atomic E-state index is 14.3. The van der Waals surface area contributed by atoms with Crippen LogP contribution in [0.4, 0.5) is 14.5 Å². The van der Waals surface area contributed by atoms with Crippen molar-refractivity contribution < 1.29 is 18.3 Å². The van der Waals surface area contributed by atoms with Gasteiger partial charge in [0.1, 0.15) is 11.6 Å². The minimum absolute atomic E-state index is 0.0507. The maximum Gasteiger partial charge on any atom is 0.242 e. The van der Waals surface area contributed by atoms with Crippen molar-refractivity contribution in [2.24, 2.45) is 0 Å². The molecule has 0 N–H and O–H groups in total. The molecule has 1 saturated heterocycles. The smallest absolute Gasteiger partial charge is 0.242 e. The molecule has 2 aromatic carbocycles. The number of benzene rings is 2. The molecule has 0 aliphatic carbocycles. The van der Waals surface area contributed by atoms with Gasteiger partial charge < -0.3 is 14.5 Å². The molecule has 0 bridgehead atoms. The molecule has 2 aromatic rings. The van der Waals surface area contributed by atoms with Crippen LogP contribution >= 0.6 is 0 Å². The lowest BCUT2D eigenvalue weighted by molar-refractivity contribution is -0.131. The molecule has 0 spiro atoms. The molecule has 0 aromatic heterocycles. The number of fused-ring (bicyclic) bond motifs is 1. The molecule has 2 aliphatic rings. The number of amides is 1. The van der Waals surface area contributed by atoms with Crippen molar-refractivity contribution in [3.05, 3.63) is 65.2 Å². The van der Waals surface area contributed by atoms with E-state index < -0.39 is 0 Å². The Bertz CT molecular complexity index is 945. The van der Waals surface area contributed by atoms with E-state index in [0.29, 0.717) is 19.6 Å². The molecule has 1 amide bonds. The summed E-state index contributed by atoms with van der Waals surface area (Å²) in [6.07, 6.45) is 2.77. The number of ether oxygens (including phenoxy) is 1. The SMILES string of the molecule is CCCOCCN1CCN(C(=O)CN2CCCC(c3ccc(F)cc3)c3ccc(F)cc32)CC1. The van der Waals surface area contributed by atoms with E-state index in [4.69, 9.17) is 4.74 Å². The predicted octanol–water partition coefficient (Wildman–Crippen LogP) is 4.27. The second-order valence-corrected chi connectivity index (χ2v) is 9.21. The molecule has 184 valence electrons. The lowest BCUT2D eigenvalue weighted by Gasteiger charge is -2.36. The average Bonchev–Trinajstić information content (AvgIpc) is 3.02. The number of nitrogens with zero attached hydrogens (tertiary/aromatic N) is 3. The number of anilines is 1. The Kier molecular flexibility index (Phi) is 8.51. The summed E-state index contributed by atoms with van der Waals surface area (Å²) in [5, 5.41) is 0. The fourth-order valence-corrected chi connectivity index (χ4v) is 4.98. The maximum absolute atomic E-state index is 14.3. The Hall–Kier alpha value is -2.51. The second kappa shape index (κ2) is 11.8. The van der Waals surface area contributed by atoms with E-state index in [1.54, 1.807) is 18.2 Å². The zero-order valence-electron chi connectivity index (χ0n) is 20.0. The van der Waals surface area contributed by atoms with Gasteiger partial charge in [-0.15, -0.1) is 0 Å². The summed E-state index contributed by atoms with van der Waals surface area (Å²) >= 11 is 0. The quantitative estimate of drug-likeness (QED) is 0.539. The number of rotatable bonds is 8. The van der Waals surface area contributed by atoms with Crippen LogP contribution in [0.1, 0.15) is 43.2 Å². The summed E-state index contributed by atoms with van der Waals surface area (Å²) in [4.78, 5) is 19.5. The highest BCUT2D eigenvalue weighted by molar-refractivity contribution is 5.82. The van der Waals surface area contributed by atoms with Gasteiger partial charge in [-0.05, 0) is 54.7 Å². The second-order valence-electron chi connectivity index (χ2n) is 9.21. The Morgan fingerprint density at radius 1 is 0.971 bits per heavy atom. The number of piperazine rings is 1. The number of carbonyl (C=O) groups excluding carboxylic acids is 1. The van der Waals surface area contributed by atoms with Gasteiger partial charge in [0.05, 0.1) is 13.2 Å². The van der Waals surface area contributed by atoms with E-state index in [2.05, 4.69) is 11.8 Å². The molecular formula is C27H35F2N3O2. The van der Waals surface area contributed by atoms with Gasteiger partial charge >= 0.3 is 0 Å². The van der Waals surface area contributed by atoms with Gasteiger partial charge in [-0.2, -0.15) is 0 Å². The van der Waals surface area contributed by atoms with Crippen molar-refractivity contribution in [1.82, 2.24) is 9.80 Å². The van der Waals surface area contributed by atoms with Gasteiger partial charge in [0.25, 0.3) is 0 Å². The zero-order valence-corrected chi connectivity index (χ0v) is 20.0. The van der Waals surface area contributed by atoms with E-state index in [9.17, 15) is 13.6 Å². The fourth-order valence-electron chi connectivity index (χ4n) is 4.98. The van der Waals surface area contributed by atoms with Crippen molar-refractivity contribution in [3.8, 4) is 0 Å². The minimum Gasteiger partial charge on any atom is -0.380 e. The topological polar surface area (TPSA) is 36.0 Å². The molecular weight excluding hydrogens is 436 g/mol. The van der Waals surface area contributed by atoms with Gasteiger partial charge in [-0.25, -0.2) is 8.78 Å². The van der Waals surface area contributed by atoms with Crippen LogP contribution in [0.15, 0.2) is 42.5 Å². The first-order valence-corrected chi connectivity index (χ1v) is 12.4. The van der Waals surface area contributed by atoms with Gasteiger partial charge in [0.2, 0.25) is 5.91 Å². The first-order valence-electron chi connectivity index (χ1n) is 12.4. The highest BCUT2D eigenvalue weighted by Crippen LogP contribution is 2.39. The summed E-state index contributed by atoms with van der Waals surface area (Å²) < 4.78 is 33.3. The normalized spacial score (nSPS) is 19.1. The van der Waals surface area contributed by atoms with Crippen LogP contribution in [0.25, 0.3) is 0 Å². The third-order valence-electron chi connectivity index (χ3n) is 6.85. The largest absolute Gasteiger partial charge is 0.380 e. The highest BCUT2D eigenvalue weighted by atomic mass is 19.1. The molecule has 0 radical (unpaired) electrons. The lowest BCUT2D eigenvalue weighted by Crippen LogP contribution is -2.51. The van der Waals surface area contributed by atoms with Crippen LogP contribution in [0.3, 0.4) is 0 Å². The van der Waals surface area contributed by atoms with Crippen molar-refractivity contribution in [2.75, 3.05) is 63.9 Å². The first-order chi connectivity index (χ1) is 16.5. The Morgan fingerprint density at radius 3 is 2.44 bits per heavy atom. The predicted molar refractivity (Wildman–Crippen MR) is 130 cm³/mol. The third-order valence-corrected chi connectivity index (χ3v) is 6.85. The third kappa shape index (κ3) is 6.13. The minimum atomic E-state index is -0.310. The molecule has 1 atom stereocenters. The molecule has 4 rings (SSSR count). The summed E-state index contributed by atoms with van der Waals surface area (Å²) in [6.45, 7) is 8.55. The fraction of sp³-hybridized carbons (Fsp3) is 0.519. The standard InChI is InChI=1S/C27H35F2N3O2/c1-2-17-34-18-16-30-12-14-31(15-13-30)27(33)20-32-11-3-4-24(21-5-7-22(28)8-6-21)25-10-9-23(29)19-26(25)32/h5-10,19,24H,2-4,11-18,20H2,1H3. The van der Waals surface area contributed by atoms with Crippen LogP contribution in [0.5, 0.6) is 0 Å². The summed E-state index contributed by atoms with van der Waals surface area (Å²) in [7, 11) is 0. The number of halogens is 2. The van der Waals surface area contributed by atoms with Crippen molar-refractivity contribution in [1.29, 1.82) is 0 Å². The van der Waals surface area contributed by atoms with Crippen LogP contribution in [-0.4, -0.2) is 74.7 Å². The van der Waals surface area contributed by atoms with E-state index in [-0.39, 0.29) is 30.0 Å². The summed E-state index contributed by atoms with van der Waals surface area (Å²) in [5.74, 6) is -0.445. The molecule has 34 heavy (non-hydrogen) atoms. The first kappa shape index (κ1) is 24.6.